The van der Waals surface area contributed by atoms with Crippen molar-refractivity contribution in [3.63, 3.8) is 0 Å². The first-order valence-electron chi connectivity index (χ1n) is 16.0. The molecule has 2 N–H and O–H groups in total. The molecule has 8 nitrogen and oxygen atoms in total. The smallest absolute Gasteiger partial charge is 0.339 e. The van der Waals surface area contributed by atoms with Gasteiger partial charge >= 0.3 is 5.97 Å². The van der Waals surface area contributed by atoms with Gasteiger partial charge in [0.1, 0.15) is 11.4 Å². The van der Waals surface area contributed by atoms with E-state index in [4.69, 9.17) is 4.98 Å². The number of hydrogen-bond donors (Lipinski definition) is 2. The molecule has 1 amide bonds. The topological polar surface area (TPSA) is 100 Å². The van der Waals surface area contributed by atoms with Crippen molar-refractivity contribution in [3.05, 3.63) is 94.1 Å². The number of benzene rings is 2. The van der Waals surface area contributed by atoms with Gasteiger partial charge in [-0.25, -0.2) is 18.9 Å². The lowest BCUT2D eigenvalue weighted by Gasteiger charge is -2.33. The van der Waals surface area contributed by atoms with Gasteiger partial charge in [-0.1, -0.05) is 30.3 Å². The van der Waals surface area contributed by atoms with Crippen molar-refractivity contribution >= 4 is 17.6 Å². The van der Waals surface area contributed by atoms with Gasteiger partial charge in [0.05, 0.1) is 23.6 Å². The van der Waals surface area contributed by atoms with Crippen molar-refractivity contribution in [2.75, 3.05) is 18.4 Å². The number of nitrogens with one attached hydrogen (secondary N) is 1. The zero-order valence-corrected chi connectivity index (χ0v) is 25.7. The second-order valence-electron chi connectivity index (χ2n) is 12.8. The number of anilines is 1. The number of aromatic carboxylic acids is 1. The van der Waals surface area contributed by atoms with Crippen LogP contribution in [-0.2, 0) is 11.2 Å². The van der Waals surface area contributed by atoms with Crippen LogP contribution < -0.4 is 5.32 Å². The third-order valence-electron chi connectivity index (χ3n) is 9.91. The third kappa shape index (κ3) is 5.60. The molecule has 1 aliphatic heterocycles. The Kier molecular flexibility index (Phi) is 7.63. The van der Waals surface area contributed by atoms with Crippen LogP contribution in [0.5, 0.6) is 0 Å². The van der Waals surface area contributed by atoms with Crippen molar-refractivity contribution < 1.29 is 19.1 Å². The molecule has 45 heavy (non-hydrogen) atoms. The Hall–Kier alpha value is -4.53. The normalized spacial score (nSPS) is 18.2. The van der Waals surface area contributed by atoms with Crippen LogP contribution in [0.3, 0.4) is 0 Å². The van der Waals surface area contributed by atoms with Gasteiger partial charge in [0.15, 0.2) is 5.82 Å². The zero-order valence-electron chi connectivity index (χ0n) is 25.7. The van der Waals surface area contributed by atoms with Crippen LogP contribution >= 0.6 is 0 Å². The van der Waals surface area contributed by atoms with Crippen molar-refractivity contribution in [1.82, 2.24) is 19.7 Å². The summed E-state index contributed by atoms with van der Waals surface area (Å²) in [6, 6.07) is 15.8. The van der Waals surface area contributed by atoms with E-state index in [2.05, 4.69) is 22.5 Å². The number of likely N-dealkylation sites (tertiary alicyclic amines) is 1. The van der Waals surface area contributed by atoms with Crippen LogP contribution in [0.15, 0.2) is 54.7 Å². The maximum Gasteiger partial charge on any atom is 0.339 e. The fraction of sp³-hybridized carbons (Fsp3) is 0.389. The van der Waals surface area contributed by atoms with Crippen LogP contribution in [-0.4, -0.2) is 49.7 Å². The first-order valence-corrected chi connectivity index (χ1v) is 16.0. The molecule has 232 valence electrons. The maximum atomic E-state index is 15.9. The Morgan fingerprint density at radius 1 is 1.00 bits per heavy atom. The number of fused-ring (bicyclic) bond motifs is 1. The predicted octanol–water partition coefficient (Wildman–Crippen LogP) is 6.99. The van der Waals surface area contributed by atoms with Crippen molar-refractivity contribution in [2.45, 2.75) is 70.8 Å². The van der Waals surface area contributed by atoms with Crippen molar-refractivity contribution in [3.8, 4) is 17.1 Å². The minimum Gasteiger partial charge on any atom is -0.478 e. The molecule has 2 aromatic heterocycles. The zero-order chi connectivity index (χ0) is 31.2. The van der Waals surface area contributed by atoms with E-state index in [9.17, 15) is 14.7 Å². The minimum atomic E-state index is -1.02. The summed E-state index contributed by atoms with van der Waals surface area (Å²) in [5, 5.41) is 17.4. The van der Waals surface area contributed by atoms with E-state index in [0.717, 1.165) is 53.8 Å². The first-order chi connectivity index (χ1) is 21.8. The number of carbonyl (C=O) groups excluding carboxylic acids is 1. The highest BCUT2D eigenvalue weighted by atomic mass is 19.1. The van der Waals surface area contributed by atoms with E-state index in [1.807, 2.05) is 48.2 Å². The molecule has 0 spiro atoms. The molecule has 7 rings (SSSR count). The number of pyridine rings is 1. The molecule has 1 saturated carbocycles. The van der Waals surface area contributed by atoms with E-state index in [1.54, 1.807) is 11.6 Å². The molecule has 0 bridgehead atoms. The largest absolute Gasteiger partial charge is 0.478 e. The molecule has 0 radical (unpaired) electrons. The molecule has 2 fully saturated rings. The number of rotatable bonds is 8. The van der Waals surface area contributed by atoms with Gasteiger partial charge in [0.2, 0.25) is 5.91 Å². The molecular weight excluding hydrogens is 569 g/mol. The molecule has 1 unspecified atom stereocenters. The Balaban J connectivity index is 1.11. The Morgan fingerprint density at radius 3 is 2.51 bits per heavy atom. The summed E-state index contributed by atoms with van der Waals surface area (Å²) in [6.07, 6.45) is 7.73. The number of nitrogens with zero attached hydrogens (tertiary/aromatic N) is 4. The van der Waals surface area contributed by atoms with E-state index in [1.165, 1.54) is 24.6 Å². The monoisotopic (exact) mass is 607 g/mol. The highest BCUT2D eigenvalue weighted by Crippen LogP contribution is 2.42. The molecule has 2 aliphatic carbocycles. The molecule has 4 aromatic rings. The number of halogens is 1. The average molecular weight is 608 g/mol. The lowest BCUT2D eigenvalue weighted by molar-refractivity contribution is -0.132. The van der Waals surface area contributed by atoms with E-state index < -0.39 is 5.97 Å². The van der Waals surface area contributed by atoms with Crippen LogP contribution in [0.25, 0.3) is 17.1 Å². The van der Waals surface area contributed by atoms with Gasteiger partial charge in [-0.2, -0.15) is 5.10 Å². The van der Waals surface area contributed by atoms with Crippen molar-refractivity contribution in [1.29, 1.82) is 0 Å². The summed E-state index contributed by atoms with van der Waals surface area (Å²) in [5.74, 6) is 0.327. The number of carboxylic acids is 1. The fourth-order valence-electron chi connectivity index (χ4n) is 7.10. The summed E-state index contributed by atoms with van der Waals surface area (Å²) in [5.41, 5.74) is 6.96. The van der Waals surface area contributed by atoms with Crippen LogP contribution in [0, 0.1) is 25.6 Å². The molecular formula is C36H38FN5O3. The Labute approximate surface area is 262 Å². The number of aryl methyl sites for hydroxylation is 1. The Bertz CT molecular complexity index is 1790. The fourth-order valence-corrected chi connectivity index (χ4v) is 7.10. The van der Waals surface area contributed by atoms with Crippen LogP contribution in [0.1, 0.15) is 88.8 Å². The second kappa shape index (κ2) is 11.8. The number of carboxylic acid groups (broad SMARTS) is 1. The number of piperidine rings is 1. The summed E-state index contributed by atoms with van der Waals surface area (Å²) in [7, 11) is 0. The third-order valence-corrected chi connectivity index (χ3v) is 9.91. The highest BCUT2D eigenvalue weighted by molar-refractivity contribution is 5.88. The SMILES string of the molecule is Cc1c(NC2CCc3cccc(-c4cccc(-n5ncc(C(=O)O)c5C)n4)c32)ccc(C2CCN(C(=O)CC3CC3)CC2)c1F. The van der Waals surface area contributed by atoms with Gasteiger partial charge in [-0.3, -0.25) is 4.79 Å². The van der Waals surface area contributed by atoms with Gasteiger partial charge in [0.25, 0.3) is 0 Å². The number of hydrogen-bond acceptors (Lipinski definition) is 5. The van der Waals surface area contributed by atoms with Crippen LogP contribution in [0.2, 0.25) is 0 Å². The van der Waals surface area contributed by atoms with Gasteiger partial charge in [0, 0.05) is 36.3 Å². The maximum absolute atomic E-state index is 15.9. The number of amides is 1. The lowest BCUT2D eigenvalue weighted by atomic mass is 9.87. The van der Waals surface area contributed by atoms with Gasteiger partial charge in [-0.15, -0.1) is 0 Å². The standard InChI is InChI=1S/C36H38FN5O3/c1-21-29(14-12-26(35(21)37)24-15-17-41(18-16-24)33(43)19-23-9-10-23)39-31-13-11-25-5-3-6-27(34(25)31)30-7-4-8-32(40-30)42-22(2)28(20-38-42)36(44)45/h3-8,12,14,20,23-24,31,39H,9-11,13,15-19H2,1-2H3,(H,44,45). The van der Waals surface area contributed by atoms with Gasteiger partial charge < -0.3 is 15.3 Å². The molecule has 2 aromatic carbocycles. The Morgan fingerprint density at radius 2 is 1.78 bits per heavy atom. The summed E-state index contributed by atoms with van der Waals surface area (Å²) in [4.78, 5) is 31.0. The highest BCUT2D eigenvalue weighted by Gasteiger charge is 2.31. The summed E-state index contributed by atoms with van der Waals surface area (Å²) >= 11 is 0. The molecule has 9 heteroatoms. The van der Waals surface area contributed by atoms with E-state index in [-0.39, 0.29) is 29.2 Å². The second-order valence-corrected chi connectivity index (χ2v) is 12.8. The quantitative estimate of drug-likeness (QED) is 0.224. The molecule has 3 aliphatic rings. The molecule has 1 atom stereocenters. The number of aromatic nitrogens is 3. The van der Waals surface area contributed by atoms with E-state index in [0.29, 0.717) is 42.5 Å². The summed E-state index contributed by atoms with van der Waals surface area (Å²) in [6.45, 7) is 4.97. The summed E-state index contributed by atoms with van der Waals surface area (Å²) < 4.78 is 17.5. The number of carbonyl (C=O) groups is 2. The lowest BCUT2D eigenvalue weighted by Crippen LogP contribution is -2.38. The van der Waals surface area contributed by atoms with Crippen molar-refractivity contribution in [2.24, 2.45) is 5.92 Å². The molecule has 1 saturated heterocycles. The molecule has 3 heterocycles. The predicted molar refractivity (Wildman–Crippen MR) is 170 cm³/mol. The van der Waals surface area contributed by atoms with E-state index >= 15 is 4.39 Å². The van der Waals surface area contributed by atoms with Crippen LogP contribution in [0.4, 0.5) is 10.1 Å². The first kappa shape index (κ1) is 29.2. The van der Waals surface area contributed by atoms with Gasteiger partial charge in [-0.05, 0) is 99.1 Å². The average Bonchev–Trinajstić information content (AvgIpc) is 3.63. The minimum absolute atomic E-state index is 0.0172.